The van der Waals surface area contributed by atoms with E-state index in [4.69, 9.17) is 0 Å². The van der Waals surface area contributed by atoms with Crippen LogP contribution in [0.4, 0.5) is 0 Å². The molecule has 0 aliphatic carbocycles. The number of rotatable bonds is 6. The largest absolute Gasteiger partial charge is 0.305 e. The molecule has 15 heavy (non-hydrogen) atoms. The van der Waals surface area contributed by atoms with Crippen molar-refractivity contribution in [1.82, 2.24) is 15.1 Å². The van der Waals surface area contributed by atoms with Crippen LogP contribution in [0.3, 0.4) is 0 Å². The van der Waals surface area contributed by atoms with Crippen LogP contribution in [-0.2, 0) is 6.54 Å². The van der Waals surface area contributed by atoms with E-state index in [9.17, 15) is 0 Å². The Kier molecular flexibility index (Phi) is 4.56. The van der Waals surface area contributed by atoms with Gasteiger partial charge in [0.15, 0.2) is 0 Å². The third-order valence-corrected chi connectivity index (χ3v) is 2.40. The fourth-order valence-electron chi connectivity index (χ4n) is 1.68. The van der Waals surface area contributed by atoms with Gasteiger partial charge < -0.3 is 5.32 Å². The van der Waals surface area contributed by atoms with Gasteiger partial charge in [0.25, 0.3) is 0 Å². The van der Waals surface area contributed by atoms with E-state index in [0.29, 0.717) is 0 Å². The molecular weight excluding hydrogens is 186 g/mol. The Labute approximate surface area is 92.2 Å². The molecule has 84 valence electrons. The van der Waals surface area contributed by atoms with Crippen LogP contribution in [0.15, 0.2) is 18.7 Å². The van der Waals surface area contributed by atoms with Gasteiger partial charge >= 0.3 is 0 Å². The molecule has 1 aromatic heterocycles. The minimum Gasteiger partial charge on any atom is -0.305 e. The smallest absolute Gasteiger partial charge is 0.0675 e. The Morgan fingerprint density at radius 1 is 1.60 bits per heavy atom. The summed E-state index contributed by atoms with van der Waals surface area (Å²) >= 11 is 0. The molecule has 0 saturated heterocycles. The predicted octanol–water partition coefficient (Wildman–Crippen LogP) is 2.44. The zero-order valence-electron chi connectivity index (χ0n) is 9.95. The van der Waals surface area contributed by atoms with Crippen molar-refractivity contribution in [1.29, 1.82) is 0 Å². The van der Waals surface area contributed by atoms with Gasteiger partial charge in [0.1, 0.15) is 0 Å². The highest BCUT2D eigenvalue weighted by Gasteiger charge is 2.12. The van der Waals surface area contributed by atoms with Crippen molar-refractivity contribution < 1.29 is 0 Å². The van der Waals surface area contributed by atoms with E-state index in [2.05, 4.69) is 36.9 Å². The number of nitrogens with one attached hydrogen (secondary N) is 1. The van der Waals surface area contributed by atoms with Crippen molar-refractivity contribution in [3.63, 3.8) is 0 Å². The molecule has 1 heterocycles. The summed E-state index contributed by atoms with van der Waals surface area (Å²) in [4.78, 5) is 0. The molecule has 0 amide bonds. The molecule has 0 spiro atoms. The second-order valence-electron chi connectivity index (χ2n) is 3.69. The molecule has 0 fully saturated rings. The van der Waals surface area contributed by atoms with Crippen molar-refractivity contribution >= 4 is 0 Å². The average Bonchev–Trinajstić information content (AvgIpc) is 2.61. The molecule has 1 atom stereocenters. The molecule has 1 rings (SSSR count). The van der Waals surface area contributed by atoms with E-state index in [1.54, 1.807) is 0 Å². The Morgan fingerprint density at radius 2 is 2.33 bits per heavy atom. The topological polar surface area (TPSA) is 29.9 Å². The van der Waals surface area contributed by atoms with E-state index in [1.807, 2.05) is 17.7 Å². The summed E-state index contributed by atoms with van der Waals surface area (Å²) in [5, 5.41) is 7.88. The van der Waals surface area contributed by atoms with Gasteiger partial charge in [-0.15, -0.1) is 6.58 Å². The summed E-state index contributed by atoms with van der Waals surface area (Å²) in [7, 11) is 0. The first-order chi connectivity index (χ1) is 7.22. The highest BCUT2D eigenvalue weighted by atomic mass is 15.3. The molecule has 0 saturated carbocycles. The Morgan fingerprint density at radius 3 is 2.87 bits per heavy atom. The first-order valence-electron chi connectivity index (χ1n) is 5.63. The lowest BCUT2D eigenvalue weighted by atomic mass is 10.2. The fourth-order valence-corrected chi connectivity index (χ4v) is 1.68. The van der Waals surface area contributed by atoms with Gasteiger partial charge in [-0.25, -0.2) is 0 Å². The number of hydrogen-bond donors (Lipinski definition) is 1. The number of aromatic nitrogens is 2. The van der Waals surface area contributed by atoms with Gasteiger partial charge in [-0.05, 0) is 32.9 Å². The number of aryl methyl sites for hydroxylation is 2. The molecule has 3 nitrogen and oxygen atoms in total. The van der Waals surface area contributed by atoms with E-state index in [1.165, 1.54) is 5.69 Å². The summed E-state index contributed by atoms with van der Waals surface area (Å²) in [5.41, 5.74) is 2.27. The monoisotopic (exact) mass is 207 g/mol. The minimum absolute atomic E-state index is 0.214. The molecule has 0 bridgehead atoms. The van der Waals surface area contributed by atoms with Crippen LogP contribution in [0.5, 0.6) is 0 Å². The van der Waals surface area contributed by atoms with Crippen molar-refractivity contribution in [3.8, 4) is 0 Å². The van der Waals surface area contributed by atoms with Crippen LogP contribution < -0.4 is 5.32 Å². The maximum atomic E-state index is 4.43. The van der Waals surface area contributed by atoms with Gasteiger partial charge in [-0.1, -0.05) is 13.0 Å². The lowest BCUT2D eigenvalue weighted by Gasteiger charge is -2.15. The maximum absolute atomic E-state index is 4.43. The van der Waals surface area contributed by atoms with Crippen LogP contribution in [-0.4, -0.2) is 16.3 Å². The van der Waals surface area contributed by atoms with Crippen LogP contribution in [0, 0.1) is 6.92 Å². The average molecular weight is 207 g/mol. The zero-order valence-corrected chi connectivity index (χ0v) is 9.95. The van der Waals surface area contributed by atoms with E-state index in [-0.39, 0.29) is 6.04 Å². The van der Waals surface area contributed by atoms with E-state index < -0.39 is 0 Å². The first-order valence-corrected chi connectivity index (χ1v) is 5.63. The quantitative estimate of drug-likeness (QED) is 0.726. The molecule has 1 aromatic rings. The van der Waals surface area contributed by atoms with Gasteiger partial charge in [0.2, 0.25) is 0 Å². The highest BCUT2D eigenvalue weighted by Crippen LogP contribution is 2.15. The normalized spacial score (nSPS) is 12.7. The van der Waals surface area contributed by atoms with E-state index >= 15 is 0 Å². The number of hydrogen-bond acceptors (Lipinski definition) is 2. The second-order valence-corrected chi connectivity index (χ2v) is 3.69. The summed E-state index contributed by atoms with van der Waals surface area (Å²) in [6.45, 7) is 12.1. The van der Waals surface area contributed by atoms with Crippen molar-refractivity contribution in [2.45, 2.75) is 39.8 Å². The van der Waals surface area contributed by atoms with Crippen molar-refractivity contribution in [3.05, 3.63) is 30.1 Å². The third-order valence-electron chi connectivity index (χ3n) is 2.40. The van der Waals surface area contributed by atoms with Crippen LogP contribution >= 0.6 is 0 Å². The molecule has 1 N–H and O–H groups in total. The maximum Gasteiger partial charge on any atom is 0.0675 e. The summed E-state index contributed by atoms with van der Waals surface area (Å²) in [6.07, 6.45) is 3.07. The Hall–Kier alpha value is -1.09. The van der Waals surface area contributed by atoms with Crippen molar-refractivity contribution in [2.24, 2.45) is 0 Å². The van der Waals surface area contributed by atoms with Crippen LogP contribution in [0.2, 0.25) is 0 Å². The molecule has 0 aliphatic rings. The molecular formula is C12H21N3. The first kappa shape index (κ1) is 12.0. The number of nitrogens with zero attached hydrogens (tertiary/aromatic N) is 2. The van der Waals surface area contributed by atoms with Gasteiger partial charge in [0, 0.05) is 6.54 Å². The molecule has 0 radical (unpaired) electrons. The minimum atomic E-state index is 0.214. The summed E-state index contributed by atoms with van der Waals surface area (Å²) in [6, 6.07) is 2.34. The van der Waals surface area contributed by atoms with Gasteiger partial charge in [-0.3, -0.25) is 4.68 Å². The van der Waals surface area contributed by atoms with Gasteiger partial charge in [0.05, 0.1) is 17.4 Å². The molecule has 0 aliphatic heterocycles. The Balaban J connectivity index is 2.84. The lowest BCUT2D eigenvalue weighted by molar-refractivity contribution is 0.538. The second kappa shape index (κ2) is 5.71. The molecule has 0 aromatic carbocycles. The predicted molar refractivity (Wildman–Crippen MR) is 63.9 cm³/mol. The lowest BCUT2D eigenvalue weighted by Crippen LogP contribution is -2.22. The molecule has 3 heteroatoms. The van der Waals surface area contributed by atoms with Crippen molar-refractivity contribution in [2.75, 3.05) is 6.54 Å². The standard InChI is InChI=1S/C12H21N3/c1-5-8-13-11(6-2)12-9-10(4)14-15(12)7-3/h6,9,11,13H,2,5,7-8H2,1,3-4H3. The van der Waals surface area contributed by atoms with Crippen LogP contribution in [0.25, 0.3) is 0 Å². The zero-order chi connectivity index (χ0) is 11.3. The Bertz CT molecular complexity index is 315. The summed E-state index contributed by atoms with van der Waals surface area (Å²) in [5.74, 6) is 0. The molecule has 1 unspecified atom stereocenters. The highest BCUT2D eigenvalue weighted by molar-refractivity contribution is 5.17. The van der Waals surface area contributed by atoms with E-state index in [0.717, 1.165) is 25.2 Å². The summed E-state index contributed by atoms with van der Waals surface area (Å²) < 4.78 is 2.03. The fraction of sp³-hybridized carbons (Fsp3) is 0.583. The third kappa shape index (κ3) is 2.93. The van der Waals surface area contributed by atoms with Gasteiger partial charge in [-0.2, -0.15) is 5.10 Å². The van der Waals surface area contributed by atoms with Crippen LogP contribution in [0.1, 0.15) is 37.7 Å². The SMILES string of the molecule is C=CC(NCCC)c1cc(C)nn1CC.